The number of aromatic nitrogens is 2. The average molecular weight is 225 g/mol. The molecule has 1 aromatic heterocycles. The zero-order valence-electron chi connectivity index (χ0n) is 10.5. The lowest BCUT2D eigenvalue weighted by Gasteiger charge is -2.19. The number of aliphatic hydroxyl groups is 1. The molecule has 1 aromatic rings. The molecular formula is C12H23N3O. The van der Waals surface area contributed by atoms with E-state index in [4.69, 9.17) is 0 Å². The highest BCUT2D eigenvalue weighted by molar-refractivity contribution is 4.98. The second-order valence-corrected chi connectivity index (χ2v) is 4.21. The minimum absolute atomic E-state index is 0.228. The molecule has 0 spiro atoms. The zero-order valence-corrected chi connectivity index (χ0v) is 10.5. The van der Waals surface area contributed by atoms with Gasteiger partial charge >= 0.3 is 0 Å². The summed E-state index contributed by atoms with van der Waals surface area (Å²) in [5.74, 6) is 1.03. The van der Waals surface area contributed by atoms with E-state index in [1.165, 1.54) is 0 Å². The third-order valence-electron chi connectivity index (χ3n) is 2.80. The fraction of sp³-hybridized carbons (Fsp3) is 0.750. The molecule has 0 bridgehead atoms. The van der Waals surface area contributed by atoms with E-state index in [0.717, 1.165) is 25.1 Å². The maximum Gasteiger partial charge on any atom is 0.125 e. The Bertz CT molecular complexity index is 298. The van der Waals surface area contributed by atoms with Crippen molar-refractivity contribution < 1.29 is 5.11 Å². The second-order valence-electron chi connectivity index (χ2n) is 4.21. The van der Waals surface area contributed by atoms with E-state index in [1.807, 2.05) is 24.0 Å². The highest BCUT2D eigenvalue weighted by Gasteiger charge is 2.14. The lowest BCUT2D eigenvalue weighted by atomic mass is 10.1. The summed E-state index contributed by atoms with van der Waals surface area (Å²) in [6.45, 7) is 4.84. The van der Waals surface area contributed by atoms with Gasteiger partial charge in [-0.3, -0.25) is 0 Å². The Hall–Kier alpha value is -0.870. The minimum atomic E-state index is -0.251. The van der Waals surface area contributed by atoms with Crippen molar-refractivity contribution in [1.29, 1.82) is 0 Å². The van der Waals surface area contributed by atoms with Crippen molar-refractivity contribution in [2.75, 3.05) is 6.54 Å². The van der Waals surface area contributed by atoms with Crippen LogP contribution in [0.5, 0.6) is 0 Å². The average Bonchev–Trinajstić information content (AvgIpc) is 2.66. The molecule has 1 heterocycles. The van der Waals surface area contributed by atoms with E-state index in [9.17, 15) is 5.11 Å². The molecule has 0 aliphatic carbocycles. The molecule has 0 fully saturated rings. The van der Waals surface area contributed by atoms with Gasteiger partial charge in [-0.05, 0) is 12.8 Å². The van der Waals surface area contributed by atoms with E-state index in [0.29, 0.717) is 6.54 Å². The molecule has 2 unspecified atom stereocenters. The monoisotopic (exact) mass is 225 g/mol. The van der Waals surface area contributed by atoms with Gasteiger partial charge in [0.1, 0.15) is 5.82 Å². The van der Waals surface area contributed by atoms with E-state index in [-0.39, 0.29) is 12.1 Å². The minimum Gasteiger partial charge on any atom is -0.392 e. The van der Waals surface area contributed by atoms with Crippen LogP contribution in [-0.2, 0) is 7.05 Å². The molecule has 1 rings (SSSR count). The summed E-state index contributed by atoms with van der Waals surface area (Å²) >= 11 is 0. The first-order valence-electron chi connectivity index (χ1n) is 6.07. The topological polar surface area (TPSA) is 50.1 Å². The highest BCUT2D eigenvalue weighted by atomic mass is 16.3. The zero-order chi connectivity index (χ0) is 12.0. The van der Waals surface area contributed by atoms with Crippen LogP contribution in [0.1, 0.15) is 45.0 Å². The van der Waals surface area contributed by atoms with Gasteiger partial charge in [0.25, 0.3) is 0 Å². The molecule has 0 radical (unpaired) electrons. The molecule has 2 N–H and O–H groups in total. The number of hydrogen-bond donors (Lipinski definition) is 2. The Kier molecular flexibility index (Phi) is 5.49. The summed E-state index contributed by atoms with van der Waals surface area (Å²) < 4.78 is 2.02. The van der Waals surface area contributed by atoms with Crippen LogP contribution in [-0.4, -0.2) is 27.3 Å². The summed E-state index contributed by atoms with van der Waals surface area (Å²) in [5, 5.41) is 13.0. The summed E-state index contributed by atoms with van der Waals surface area (Å²) in [6.07, 6.45) is 6.35. The van der Waals surface area contributed by atoms with Gasteiger partial charge in [0.15, 0.2) is 0 Å². The largest absolute Gasteiger partial charge is 0.392 e. The Morgan fingerprint density at radius 3 is 2.75 bits per heavy atom. The van der Waals surface area contributed by atoms with Gasteiger partial charge in [0.2, 0.25) is 0 Å². The lowest BCUT2D eigenvalue weighted by molar-refractivity contribution is 0.155. The van der Waals surface area contributed by atoms with Crippen LogP contribution < -0.4 is 5.32 Å². The summed E-state index contributed by atoms with van der Waals surface area (Å²) in [5.41, 5.74) is 0. The highest BCUT2D eigenvalue weighted by Crippen LogP contribution is 2.13. The van der Waals surface area contributed by atoms with E-state index >= 15 is 0 Å². The molecule has 0 amide bonds. The van der Waals surface area contributed by atoms with Gasteiger partial charge in [0, 0.05) is 26.0 Å². The first-order valence-corrected chi connectivity index (χ1v) is 6.07. The van der Waals surface area contributed by atoms with Crippen LogP contribution in [0.25, 0.3) is 0 Å². The van der Waals surface area contributed by atoms with Crippen LogP contribution in [0, 0.1) is 0 Å². The Balaban J connectivity index is 2.47. The lowest BCUT2D eigenvalue weighted by Crippen LogP contribution is -2.31. The van der Waals surface area contributed by atoms with Gasteiger partial charge in [-0.15, -0.1) is 0 Å². The number of nitrogens with one attached hydrogen (secondary N) is 1. The van der Waals surface area contributed by atoms with Crippen LogP contribution in [0.2, 0.25) is 0 Å². The molecule has 4 heteroatoms. The molecule has 4 nitrogen and oxygen atoms in total. The van der Waals surface area contributed by atoms with Crippen LogP contribution in [0.4, 0.5) is 0 Å². The number of rotatable bonds is 7. The first kappa shape index (κ1) is 13.2. The SMILES string of the molecule is CCCC(O)CNC(CC)c1nccn1C. The maximum absolute atomic E-state index is 9.67. The molecular weight excluding hydrogens is 202 g/mol. The number of nitrogens with zero attached hydrogens (tertiary/aromatic N) is 2. The predicted octanol–water partition coefficient (Wildman–Crippen LogP) is 1.62. The number of aliphatic hydroxyl groups excluding tert-OH is 1. The molecule has 92 valence electrons. The Morgan fingerprint density at radius 2 is 2.25 bits per heavy atom. The third-order valence-corrected chi connectivity index (χ3v) is 2.80. The quantitative estimate of drug-likeness (QED) is 0.741. The number of aryl methyl sites for hydroxylation is 1. The third kappa shape index (κ3) is 3.61. The summed E-state index contributed by atoms with van der Waals surface area (Å²) in [4.78, 5) is 4.33. The normalized spacial score (nSPS) is 15.0. The van der Waals surface area contributed by atoms with E-state index in [2.05, 4.69) is 24.1 Å². The van der Waals surface area contributed by atoms with Crippen molar-refractivity contribution in [2.24, 2.45) is 7.05 Å². The molecule has 2 atom stereocenters. The Morgan fingerprint density at radius 1 is 1.50 bits per heavy atom. The fourth-order valence-corrected chi connectivity index (χ4v) is 1.84. The fourth-order valence-electron chi connectivity index (χ4n) is 1.84. The van der Waals surface area contributed by atoms with Crippen molar-refractivity contribution in [3.63, 3.8) is 0 Å². The second kappa shape index (κ2) is 6.66. The molecule has 0 saturated carbocycles. The van der Waals surface area contributed by atoms with Crippen molar-refractivity contribution in [3.05, 3.63) is 18.2 Å². The first-order chi connectivity index (χ1) is 7.69. The molecule has 0 aliphatic heterocycles. The standard InChI is InChI=1S/C12H23N3O/c1-4-6-10(16)9-14-11(5-2)12-13-7-8-15(12)3/h7-8,10-11,14,16H,4-6,9H2,1-3H3. The van der Waals surface area contributed by atoms with Crippen molar-refractivity contribution in [1.82, 2.24) is 14.9 Å². The number of hydrogen-bond acceptors (Lipinski definition) is 3. The summed E-state index contributed by atoms with van der Waals surface area (Å²) in [7, 11) is 2.00. The van der Waals surface area contributed by atoms with Crippen LogP contribution >= 0.6 is 0 Å². The van der Waals surface area contributed by atoms with Crippen molar-refractivity contribution in [2.45, 2.75) is 45.3 Å². The molecule has 0 aliphatic rings. The molecule has 0 aromatic carbocycles. The van der Waals surface area contributed by atoms with E-state index in [1.54, 1.807) is 0 Å². The summed E-state index contributed by atoms with van der Waals surface area (Å²) in [6, 6.07) is 0.228. The smallest absolute Gasteiger partial charge is 0.125 e. The van der Waals surface area contributed by atoms with Gasteiger partial charge in [-0.2, -0.15) is 0 Å². The van der Waals surface area contributed by atoms with Crippen LogP contribution in [0.15, 0.2) is 12.4 Å². The van der Waals surface area contributed by atoms with E-state index < -0.39 is 0 Å². The van der Waals surface area contributed by atoms with Crippen molar-refractivity contribution >= 4 is 0 Å². The van der Waals surface area contributed by atoms with Crippen LogP contribution in [0.3, 0.4) is 0 Å². The van der Waals surface area contributed by atoms with Gasteiger partial charge < -0.3 is 15.0 Å². The van der Waals surface area contributed by atoms with Gasteiger partial charge in [-0.25, -0.2) is 4.98 Å². The predicted molar refractivity (Wildman–Crippen MR) is 65.2 cm³/mol. The van der Waals surface area contributed by atoms with Gasteiger partial charge in [0.05, 0.1) is 12.1 Å². The molecule has 16 heavy (non-hydrogen) atoms. The van der Waals surface area contributed by atoms with Crippen molar-refractivity contribution in [3.8, 4) is 0 Å². The Labute approximate surface area is 97.7 Å². The molecule has 0 saturated heterocycles. The van der Waals surface area contributed by atoms with Gasteiger partial charge in [-0.1, -0.05) is 20.3 Å². The maximum atomic E-state index is 9.67. The number of imidazole rings is 1.